The Morgan fingerprint density at radius 3 is 2.72 bits per heavy atom. The van der Waals surface area contributed by atoms with Crippen LogP contribution in [0.3, 0.4) is 0 Å². The van der Waals surface area contributed by atoms with Gasteiger partial charge >= 0.3 is 5.97 Å². The summed E-state index contributed by atoms with van der Waals surface area (Å²) in [7, 11) is 0. The monoisotopic (exact) mass is 281 g/mol. The molecule has 0 atom stereocenters. The first-order valence-corrected chi connectivity index (χ1v) is 5.94. The van der Waals surface area contributed by atoms with Crippen molar-refractivity contribution in [2.24, 2.45) is 0 Å². The lowest BCUT2D eigenvalue weighted by Gasteiger charge is -2.05. The Kier molecular flexibility index (Phi) is 4.18. The summed E-state index contributed by atoms with van der Waals surface area (Å²) in [5.74, 6) is -0.445. The van der Waals surface area contributed by atoms with Gasteiger partial charge in [-0.25, -0.2) is 9.78 Å². The average Bonchev–Trinajstić information content (AvgIpc) is 2.37. The minimum atomic E-state index is -0.445. The maximum Gasteiger partial charge on any atom is 0.340 e. The molecule has 0 fully saturated rings. The van der Waals surface area contributed by atoms with Crippen molar-refractivity contribution in [1.82, 2.24) is 4.98 Å². The van der Waals surface area contributed by atoms with Gasteiger partial charge in [-0.1, -0.05) is 35.3 Å². The first-order valence-electron chi connectivity index (χ1n) is 5.18. The van der Waals surface area contributed by atoms with Crippen LogP contribution in [0.5, 0.6) is 0 Å². The highest BCUT2D eigenvalue weighted by molar-refractivity contribution is 6.30. The van der Waals surface area contributed by atoms with Crippen molar-refractivity contribution in [2.75, 3.05) is 0 Å². The van der Waals surface area contributed by atoms with E-state index in [1.807, 2.05) is 6.07 Å². The van der Waals surface area contributed by atoms with E-state index in [1.54, 1.807) is 24.3 Å². The number of pyridine rings is 1. The molecule has 0 spiro atoms. The Hall–Kier alpha value is -1.58. The van der Waals surface area contributed by atoms with Crippen LogP contribution in [-0.2, 0) is 11.3 Å². The molecule has 0 saturated carbocycles. The van der Waals surface area contributed by atoms with E-state index >= 15 is 0 Å². The number of hydrogen-bond donors (Lipinski definition) is 0. The predicted molar refractivity (Wildman–Crippen MR) is 69.8 cm³/mol. The maximum absolute atomic E-state index is 11.7. The first kappa shape index (κ1) is 12.9. The number of carbonyl (C=O) groups is 1. The van der Waals surface area contributed by atoms with E-state index in [2.05, 4.69) is 4.98 Å². The zero-order valence-electron chi connectivity index (χ0n) is 9.27. The van der Waals surface area contributed by atoms with Crippen molar-refractivity contribution < 1.29 is 9.53 Å². The number of aromatic nitrogens is 1. The topological polar surface area (TPSA) is 39.2 Å². The van der Waals surface area contributed by atoms with Gasteiger partial charge < -0.3 is 4.74 Å². The average molecular weight is 282 g/mol. The SMILES string of the molecule is O=C(OCc1cccc(Cl)c1)c1ccc(Cl)nc1. The van der Waals surface area contributed by atoms with Crippen LogP contribution in [0.4, 0.5) is 0 Å². The molecule has 5 heteroatoms. The van der Waals surface area contributed by atoms with E-state index < -0.39 is 5.97 Å². The molecule has 18 heavy (non-hydrogen) atoms. The van der Waals surface area contributed by atoms with Gasteiger partial charge in [-0.15, -0.1) is 0 Å². The molecule has 0 aliphatic carbocycles. The Morgan fingerprint density at radius 1 is 1.22 bits per heavy atom. The highest BCUT2D eigenvalue weighted by Gasteiger charge is 2.07. The minimum absolute atomic E-state index is 0.169. The van der Waals surface area contributed by atoms with Crippen molar-refractivity contribution in [3.05, 3.63) is 63.9 Å². The van der Waals surface area contributed by atoms with Crippen LogP contribution in [0.2, 0.25) is 10.2 Å². The Bertz CT molecular complexity index is 555. The second-order valence-electron chi connectivity index (χ2n) is 3.58. The molecule has 0 bridgehead atoms. The number of rotatable bonds is 3. The summed E-state index contributed by atoms with van der Waals surface area (Å²) in [5, 5.41) is 0.943. The van der Waals surface area contributed by atoms with Crippen molar-refractivity contribution in [1.29, 1.82) is 0 Å². The van der Waals surface area contributed by atoms with Gasteiger partial charge in [0, 0.05) is 11.2 Å². The normalized spacial score (nSPS) is 10.1. The smallest absolute Gasteiger partial charge is 0.340 e. The van der Waals surface area contributed by atoms with Gasteiger partial charge in [0.1, 0.15) is 11.8 Å². The molecule has 0 unspecified atom stereocenters. The Labute approximate surface area is 114 Å². The predicted octanol–water partition coefficient (Wildman–Crippen LogP) is 3.75. The van der Waals surface area contributed by atoms with Crippen LogP contribution in [-0.4, -0.2) is 11.0 Å². The number of carbonyl (C=O) groups excluding carboxylic acids is 1. The molecule has 3 nitrogen and oxygen atoms in total. The largest absolute Gasteiger partial charge is 0.457 e. The molecular formula is C13H9Cl2NO2. The molecule has 2 aromatic rings. The molecular weight excluding hydrogens is 273 g/mol. The number of esters is 1. The summed E-state index contributed by atoms with van der Waals surface area (Å²) in [4.78, 5) is 15.5. The van der Waals surface area contributed by atoms with Crippen molar-refractivity contribution in [3.63, 3.8) is 0 Å². The molecule has 92 valence electrons. The van der Waals surface area contributed by atoms with E-state index in [9.17, 15) is 4.79 Å². The second-order valence-corrected chi connectivity index (χ2v) is 4.40. The fraction of sp³-hybridized carbons (Fsp3) is 0.0769. The summed E-state index contributed by atoms with van der Waals surface area (Å²) < 4.78 is 5.13. The van der Waals surface area contributed by atoms with Crippen molar-refractivity contribution >= 4 is 29.2 Å². The van der Waals surface area contributed by atoms with Gasteiger partial charge in [-0.3, -0.25) is 0 Å². The molecule has 2 rings (SSSR count). The molecule has 0 N–H and O–H groups in total. The van der Waals surface area contributed by atoms with E-state index in [-0.39, 0.29) is 6.61 Å². The molecule has 0 amide bonds. The fourth-order valence-electron chi connectivity index (χ4n) is 1.36. The molecule has 0 saturated heterocycles. The van der Waals surface area contributed by atoms with Gasteiger partial charge in [0.05, 0.1) is 5.56 Å². The van der Waals surface area contributed by atoms with Crippen molar-refractivity contribution in [3.8, 4) is 0 Å². The molecule has 0 aliphatic rings. The number of benzene rings is 1. The lowest BCUT2D eigenvalue weighted by Crippen LogP contribution is -2.05. The van der Waals surface area contributed by atoms with Gasteiger partial charge in [-0.05, 0) is 29.8 Å². The lowest BCUT2D eigenvalue weighted by molar-refractivity contribution is 0.0472. The van der Waals surface area contributed by atoms with Gasteiger partial charge in [0.2, 0.25) is 0 Å². The summed E-state index contributed by atoms with van der Waals surface area (Å²) in [5.41, 5.74) is 1.19. The highest BCUT2D eigenvalue weighted by atomic mass is 35.5. The Balaban J connectivity index is 1.98. The van der Waals surface area contributed by atoms with Crippen LogP contribution in [0.15, 0.2) is 42.6 Å². The lowest BCUT2D eigenvalue weighted by atomic mass is 10.2. The van der Waals surface area contributed by atoms with Crippen LogP contribution in [0.1, 0.15) is 15.9 Å². The third kappa shape index (κ3) is 3.45. The Morgan fingerprint density at radius 2 is 2.06 bits per heavy atom. The number of hydrogen-bond acceptors (Lipinski definition) is 3. The minimum Gasteiger partial charge on any atom is -0.457 e. The number of halogens is 2. The summed E-state index contributed by atoms with van der Waals surface area (Å²) in [6, 6.07) is 10.2. The molecule has 0 radical (unpaired) electrons. The number of ether oxygens (including phenoxy) is 1. The van der Waals surface area contributed by atoms with E-state index in [0.29, 0.717) is 15.7 Å². The van der Waals surface area contributed by atoms with E-state index in [0.717, 1.165) is 5.56 Å². The number of nitrogens with zero attached hydrogens (tertiary/aromatic N) is 1. The van der Waals surface area contributed by atoms with Crippen LogP contribution in [0.25, 0.3) is 0 Å². The van der Waals surface area contributed by atoms with E-state index in [1.165, 1.54) is 12.3 Å². The molecule has 0 aliphatic heterocycles. The highest BCUT2D eigenvalue weighted by Crippen LogP contribution is 2.13. The van der Waals surface area contributed by atoms with Gasteiger partial charge in [0.15, 0.2) is 0 Å². The molecule has 1 aromatic carbocycles. The second kappa shape index (κ2) is 5.85. The van der Waals surface area contributed by atoms with Crippen LogP contribution >= 0.6 is 23.2 Å². The van der Waals surface area contributed by atoms with E-state index in [4.69, 9.17) is 27.9 Å². The van der Waals surface area contributed by atoms with Gasteiger partial charge in [0.25, 0.3) is 0 Å². The zero-order chi connectivity index (χ0) is 13.0. The zero-order valence-corrected chi connectivity index (χ0v) is 10.8. The quantitative estimate of drug-likeness (QED) is 0.635. The molecule has 1 aromatic heterocycles. The summed E-state index contributed by atoms with van der Waals surface area (Å²) >= 11 is 11.5. The fourth-order valence-corrected chi connectivity index (χ4v) is 1.68. The summed E-state index contributed by atoms with van der Waals surface area (Å²) in [6.07, 6.45) is 1.38. The standard InChI is InChI=1S/C13H9Cl2NO2/c14-11-3-1-2-9(6-11)8-18-13(17)10-4-5-12(15)16-7-10/h1-7H,8H2. The third-order valence-electron chi connectivity index (χ3n) is 2.22. The maximum atomic E-state index is 11.7. The third-order valence-corrected chi connectivity index (χ3v) is 2.68. The van der Waals surface area contributed by atoms with Crippen LogP contribution in [0, 0.1) is 0 Å². The first-order chi connectivity index (χ1) is 8.65. The summed E-state index contributed by atoms with van der Waals surface area (Å²) in [6.45, 7) is 0.169. The van der Waals surface area contributed by atoms with Crippen molar-refractivity contribution in [2.45, 2.75) is 6.61 Å². The van der Waals surface area contributed by atoms with Crippen LogP contribution < -0.4 is 0 Å². The van der Waals surface area contributed by atoms with Gasteiger partial charge in [-0.2, -0.15) is 0 Å². The molecule has 1 heterocycles.